The Balaban J connectivity index is 2.44. The third-order valence-electron chi connectivity index (χ3n) is 4.34. The average Bonchev–Trinajstić information content (AvgIpc) is 3.03. The summed E-state index contributed by atoms with van der Waals surface area (Å²) >= 11 is 0. The molecule has 0 fully saturated rings. The molecule has 0 bridgehead atoms. The van der Waals surface area contributed by atoms with Gasteiger partial charge in [0.05, 0.1) is 17.0 Å². The van der Waals surface area contributed by atoms with Crippen LogP contribution in [0.25, 0.3) is 16.8 Å². The topological polar surface area (TPSA) is 85.2 Å². The number of imidazole rings is 1. The molecule has 0 saturated heterocycles. The molecule has 1 aliphatic rings. The van der Waals surface area contributed by atoms with E-state index in [2.05, 4.69) is 15.0 Å². The molecule has 0 spiro atoms. The van der Waals surface area contributed by atoms with Crippen LogP contribution in [-0.2, 0) is 0 Å². The van der Waals surface area contributed by atoms with Crippen LogP contribution in [0.1, 0.15) is 29.9 Å². The van der Waals surface area contributed by atoms with Crippen molar-refractivity contribution in [3.05, 3.63) is 41.1 Å². The highest BCUT2D eigenvalue weighted by atomic mass is 16.1. The lowest BCUT2D eigenvalue weighted by Crippen LogP contribution is -2.19. The van der Waals surface area contributed by atoms with Gasteiger partial charge in [-0.25, -0.2) is 4.98 Å². The summed E-state index contributed by atoms with van der Waals surface area (Å²) in [7, 11) is 5.45. The number of aromatic nitrogens is 2. The molecular weight excluding hydrogens is 314 g/mol. The Bertz CT molecular complexity index is 946. The molecule has 25 heavy (non-hydrogen) atoms. The predicted molar refractivity (Wildman–Crippen MR) is 102 cm³/mol. The van der Waals surface area contributed by atoms with E-state index in [9.17, 15) is 4.79 Å². The van der Waals surface area contributed by atoms with Crippen LogP contribution in [0.2, 0.25) is 0 Å². The second-order valence-electron chi connectivity index (χ2n) is 6.24. The molecule has 1 aliphatic carbocycles. The molecule has 0 aliphatic heterocycles. The summed E-state index contributed by atoms with van der Waals surface area (Å²) in [5, 5.41) is 8.19. The van der Waals surface area contributed by atoms with Gasteiger partial charge in [-0.3, -0.25) is 9.79 Å². The Morgan fingerprint density at radius 3 is 2.40 bits per heavy atom. The van der Waals surface area contributed by atoms with Gasteiger partial charge in [-0.1, -0.05) is 24.3 Å². The number of anilines is 1. The highest BCUT2D eigenvalue weighted by molar-refractivity contribution is 6.43. The monoisotopic (exact) mass is 335 g/mol. The summed E-state index contributed by atoms with van der Waals surface area (Å²) in [6.07, 6.45) is 0. The maximum absolute atomic E-state index is 13.3. The van der Waals surface area contributed by atoms with Crippen molar-refractivity contribution in [1.82, 2.24) is 9.97 Å². The molecular formula is C19H21N5O. The maximum Gasteiger partial charge on any atom is 0.203 e. The number of rotatable bonds is 3. The van der Waals surface area contributed by atoms with Crippen molar-refractivity contribution in [1.29, 1.82) is 5.41 Å². The van der Waals surface area contributed by atoms with E-state index in [1.165, 1.54) is 0 Å². The number of aromatic amines is 1. The number of hydrogen-bond acceptors (Lipinski definition) is 5. The number of nitrogens with zero attached hydrogens (tertiary/aromatic N) is 3. The normalized spacial score (nSPS) is 15.6. The number of fused-ring (bicyclic) bond motifs is 3. The first kappa shape index (κ1) is 16.8. The van der Waals surface area contributed by atoms with Gasteiger partial charge < -0.3 is 15.3 Å². The van der Waals surface area contributed by atoms with Crippen molar-refractivity contribution in [2.45, 2.75) is 13.8 Å². The minimum Gasteiger partial charge on any atom is -0.349 e. The van der Waals surface area contributed by atoms with E-state index in [4.69, 9.17) is 5.41 Å². The van der Waals surface area contributed by atoms with Gasteiger partial charge in [-0.2, -0.15) is 0 Å². The molecule has 1 heterocycles. The molecule has 2 N–H and O–H groups in total. The minimum absolute atomic E-state index is 0.110. The van der Waals surface area contributed by atoms with Gasteiger partial charge in [-0.05, 0) is 13.8 Å². The highest BCUT2D eigenvalue weighted by Gasteiger charge is 2.33. The van der Waals surface area contributed by atoms with E-state index >= 15 is 0 Å². The van der Waals surface area contributed by atoms with E-state index in [0.29, 0.717) is 39.8 Å². The van der Waals surface area contributed by atoms with Crippen molar-refractivity contribution >= 4 is 28.7 Å². The lowest BCUT2D eigenvalue weighted by molar-refractivity contribution is 0.105. The van der Waals surface area contributed by atoms with E-state index < -0.39 is 0 Å². The fourth-order valence-electron chi connectivity index (χ4n) is 3.07. The van der Waals surface area contributed by atoms with Gasteiger partial charge in [0.25, 0.3) is 0 Å². The largest absolute Gasteiger partial charge is 0.349 e. The Morgan fingerprint density at radius 2 is 1.84 bits per heavy atom. The van der Waals surface area contributed by atoms with Gasteiger partial charge in [-0.15, -0.1) is 0 Å². The molecule has 0 radical (unpaired) electrons. The van der Waals surface area contributed by atoms with Crippen LogP contribution in [0.15, 0.2) is 34.8 Å². The first-order valence-electron chi connectivity index (χ1n) is 8.02. The zero-order chi connectivity index (χ0) is 18.3. The van der Waals surface area contributed by atoms with Crippen LogP contribution in [0.5, 0.6) is 0 Å². The molecule has 0 unspecified atom stereocenters. The molecule has 0 amide bonds. The number of nitrogens with one attached hydrogen (secondary N) is 2. The molecule has 1 aromatic carbocycles. The second kappa shape index (κ2) is 6.12. The zero-order valence-electron chi connectivity index (χ0n) is 15.1. The lowest BCUT2D eigenvalue weighted by Gasteiger charge is -2.20. The first-order valence-corrected chi connectivity index (χ1v) is 8.02. The second-order valence-corrected chi connectivity index (χ2v) is 6.24. The van der Waals surface area contributed by atoms with Crippen LogP contribution in [-0.4, -0.2) is 48.3 Å². The summed E-state index contributed by atoms with van der Waals surface area (Å²) in [4.78, 5) is 27.3. The summed E-state index contributed by atoms with van der Waals surface area (Å²) in [5.74, 6) is 0.557. The number of benzene rings is 1. The Hall–Kier alpha value is -3.02. The SMILES string of the molecule is CN=C(C)C(C(C)=N)=C1C(=O)c2ccccc2-c2nc(N(C)C)[nH]c21. The van der Waals surface area contributed by atoms with Gasteiger partial charge in [0.2, 0.25) is 5.95 Å². The standard InChI is InChI=1S/C19H21N5O/c1-10(20)14(11(2)21-3)15-17-16(22-19(23-17)24(4)5)12-8-6-7-9-13(12)18(15)25/h6-9,20H,1-5H3,(H,22,23). The number of Topliss-reactive ketones (excluding diaryl/α,β-unsaturated/α-hetero) is 1. The molecule has 0 atom stereocenters. The van der Waals surface area contributed by atoms with Crippen molar-refractivity contribution in [3.63, 3.8) is 0 Å². The average molecular weight is 335 g/mol. The van der Waals surface area contributed by atoms with E-state index in [0.717, 1.165) is 11.3 Å². The lowest BCUT2D eigenvalue weighted by atomic mass is 9.83. The third kappa shape index (κ3) is 2.59. The summed E-state index contributed by atoms with van der Waals surface area (Å²) in [6, 6.07) is 7.45. The number of carbonyl (C=O) groups excluding carboxylic acids is 1. The number of aliphatic imine (C=N–C) groups is 1. The summed E-state index contributed by atoms with van der Waals surface area (Å²) in [6.45, 7) is 3.49. The number of allylic oxidation sites excluding steroid dienone is 2. The number of ketones is 1. The first-order chi connectivity index (χ1) is 11.9. The Labute approximate surface area is 146 Å². The Morgan fingerprint density at radius 1 is 1.20 bits per heavy atom. The fourth-order valence-corrected chi connectivity index (χ4v) is 3.07. The van der Waals surface area contributed by atoms with E-state index in [1.54, 1.807) is 20.0 Å². The van der Waals surface area contributed by atoms with Crippen LogP contribution >= 0.6 is 0 Å². The number of carbonyl (C=O) groups is 1. The van der Waals surface area contributed by atoms with Crippen LogP contribution < -0.4 is 4.90 Å². The molecule has 6 nitrogen and oxygen atoms in total. The van der Waals surface area contributed by atoms with Gasteiger partial charge in [0, 0.05) is 49.3 Å². The molecule has 1 aromatic heterocycles. The molecule has 0 saturated carbocycles. The van der Waals surface area contributed by atoms with Gasteiger partial charge in [0.1, 0.15) is 0 Å². The van der Waals surface area contributed by atoms with E-state index in [1.807, 2.05) is 44.1 Å². The van der Waals surface area contributed by atoms with Crippen molar-refractivity contribution in [2.75, 3.05) is 26.0 Å². The fraction of sp³-hybridized carbons (Fsp3) is 0.263. The minimum atomic E-state index is -0.110. The van der Waals surface area contributed by atoms with Gasteiger partial charge >= 0.3 is 0 Å². The van der Waals surface area contributed by atoms with Crippen LogP contribution in [0.4, 0.5) is 5.95 Å². The third-order valence-corrected chi connectivity index (χ3v) is 4.34. The number of H-pyrrole nitrogens is 1. The van der Waals surface area contributed by atoms with E-state index in [-0.39, 0.29) is 5.78 Å². The maximum atomic E-state index is 13.3. The number of hydrogen-bond donors (Lipinski definition) is 2. The summed E-state index contributed by atoms with van der Waals surface area (Å²) in [5.41, 5.74) is 4.77. The molecule has 3 rings (SSSR count). The van der Waals surface area contributed by atoms with Crippen LogP contribution in [0, 0.1) is 5.41 Å². The van der Waals surface area contributed by atoms with Crippen LogP contribution in [0.3, 0.4) is 0 Å². The summed E-state index contributed by atoms with van der Waals surface area (Å²) < 4.78 is 0. The quantitative estimate of drug-likeness (QED) is 0.667. The Kier molecular flexibility index (Phi) is 4.12. The predicted octanol–water partition coefficient (Wildman–Crippen LogP) is 3.22. The molecule has 6 heteroatoms. The van der Waals surface area contributed by atoms with Gasteiger partial charge in [0.15, 0.2) is 5.78 Å². The van der Waals surface area contributed by atoms with Crippen molar-refractivity contribution in [3.8, 4) is 11.3 Å². The van der Waals surface area contributed by atoms with Crippen molar-refractivity contribution in [2.24, 2.45) is 4.99 Å². The zero-order valence-corrected chi connectivity index (χ0v) is 15.1. The molecule has 128 valence electrons. The molecule has 2 aromatic rings. The highest BCUT2D eigenvalue weighted by Crippen LogP contribution is 2.40. The van der Waals surface area contributed by atoms with Crippen molar-refractivity contribution < 1.29 is 4.79 Å². The smallest absolute Gasteiger partial charge is 0.203 e.